The van der Waals surface area contributed by atoms with E-state index in [-0.39, 0.29) is 44.1 Å². The molecule has 4 aromatic rings. The van der Waals surface area contributed by atoms with E-state index in [4.69, 9.17) is 27.1 Å². The highest BCUT2D eigenvalue weighted by molar-refractivity contribution is 7.22. The van der Waals surface area contributed by atoms with Gasteiger partial charge in [0.1, 0.15) is 29.9 Å². The lowest BCUT2D eigenvalue weighted by molar-refractivity contribution is 0.107. The van der Waals surface area contributed by atoms with Gasteiger partial charge < -0.3 is 15.4 Å². The molecule has 3 aliphatic heterocycles. The predicted molar refractivity (Wildman–Crippen MR) is 161 cm³/mol. The molecule has 0 unspecified atom stereocenters. The summed E-state index contributed by atoms with van der Waals surface area (Å²) in [6.07, 6.45) is 6.74. The van der Waals surface area contributed by atoms with Gasteiger partial charge in [0.2, 0.25) is 0 Å². The number of benzene rings is 2. The summed E-state index contributed by atoms with van der Waals surface area (Å²) < 4.78 is 52.1. The number of hydrogen-bond donors (Lipinski definition) is 1. The van der Waals surface area contributed by atoms with Crippen molar-refractivity contribution in [1.82, 2.24) is 19.9 Å². The number of halogens is 4. The summed E-state index contributed by atoms with van der Waals surface area (Å²) in [6, 6.07) is 4.46. The maximum absolute atomic E-state index is 16.7. The fraction of sp³-hybridized carbons (Fsp3) is 0.500. The highest BCUT2D eigenvalue weighted by Crippen LogP contribution is 2.44. The first-order valence-corrected chi connectivity index (χ1v) is 15.8. The molecule has 2 aromatic heterocycles. The van der Waals surface area contributed by atoms with Gasteiger partial charge in [-0.2, -0.15) is 9.97 Å². The Hall–Kier alpha value is -2.89. The number of hydrogen-bond acceptors (Lipinski definition) is 8. The maximum Gasteiger partial charge on any atom is 0.319 e. The molecule has 2 atom stereocenters. The molecule has 12 heteroatoms. The third-order valence-electron chi connectivity index (χ3n) is 9.01. The van der Waals surface area contributed by atoms with Crippen molar-refractivity contribution in [1.29, 1.82) is 0 Å². The Morgan fingerprint density at radius 2 is 1.81 bits per heavy atom. The molecule has 0 bridgehead atoms. The Kier molecular flexibility index (Phi) is 7.30. The Morgan fingerprint density at radius 1 is 1.02 bits per heavy atom. The molecule has 0 saturated carbocycles. The van der Waals surface area contributed by atoms with E-state index in [2.05, 4.69) is 19.8 Å². The third kappa shape index (κ3) is 4.83. The van der Waals surface area contributed by atoms with Gasteiger partial charge in [-0.3, -0.25) is 4.90 Å². The van der Waals surface area contributed by atoms with E-state index in [1.807, 2.05) is 0 Å². The average molecular weight is 617 g/mol. The fourth-order valence-electron chi connectivity index (χ4n) is 7.01. The molecule has 0 aliphatic carbocycles. The number of nitrogens with zero attached hydrogens (tertiary/aromatic N) is 5. The van der Waals surface area contributed by atoms with Crippen molar-refractivity contribution in [2.24, 2.45) is 0 Å². The first kappa shape index (κ1) is 27.9. The Bertz CT molecular complexity index is 1660. The van der Waals surface area contributed by atoms with Gasteiger partial charge >= 0.3 is 6.01 Å². The van der Waals surface area contributed by atoms with Gasteiger partial charge in [0.15, 0.2) is 10.9 Å². The number of aromatic nitrogens is 3. The lowest BCUT2D eigenvalue weighted by Crippen LogP contribution is -2.43. The molecule has 0 radical (unpaired) electrons. The van der Waals surface area contributed by atoms with Crippen molar-refractivity contribution in [3.63, 3.8) is 0 Å². The SMILES string of the molecule is Nc1nc2c(-c3c(Cl)cc4c(N5CCCCCCC5)nc(OC[C@@]56CCCN5C[C@H](F)C6)nc4c3F)ccc(F)c2s1. The summed E-state index contributed by atoms with van der Waals surface area (Å²) in [4.78, 5) is 18.0. The Balaban J connectivity index is 1.36. The van der Waals surface area contributed by atoms with Crippen molar-refractivity contribution in [2.75, 3.05) is 43.4 Å². The highest BCUT2D eigenvalue weighted by atomic mass is 35.5. The second-order valence-corrected chi connectivity index (χ2v) is 13.2. The van der Waals surface area contributed by atoms with Crippen LogP contribution in [-0.4, -0.2) is 64.3 Å². The normalized spacial score (nSPS) is 23.4. The lowest BCUT2D eigenvalue weighted by Gasteiger charge is -2.31. The summed E-state index contributed by atoms with van der Waals surface area (Å²) in [6.45, 7) is 3.02. The van der Waals surface area contributed by atoms with Crippen molar-refractivity contribution < 1.29 is 17.9 Å². The summed E-state index contributed by atoms with van der Waals surface area (Å²) >= 11 is 7.78. The molecule has 2 aromatic carbocycles. The van der Waals surface area contributed by atoms with Crippen molar-refractivity contribution in [3.8, 4) is 17.1 Å². The zero-order valence-electron chi connectivity index (χ0n) is 23.1. The van der Waals surface area contributed by atoms with Crippen LogP contribution in [0.2, 0.25) is 5.02 Å². The molecule has 7 nitrogen and oxygen atoms in total. The minimum Gasteiger partial charge on any atom is -0.461 e. The van der Waals surface area contributed by atoms with E-state index in [1.165, 1.54) is 18.6 Å². The topological polar surface area (TPSA) is 80.4 Å². The maximum atomic E-state index is 16.7. The fourth-order valence-corrected chi connectivity index (χ4v) is 8.07. The summed E-state index contributed by atoms with van der Waals surface area (Å²) in [5, 5.41) is 0.801. The molecule has 3 fully saturated rings. The van der Waals surface area contributed by atoms with Crippen molar-refractivity contribution in [3.05, 3.63) is 34.9 Å². The van der Waals surface area contributed by atoms with Gasteiger partial charge in [0.05, 0.1) is 20.8 Å². The number of anilines is 2. The largest absolute Gasteiger partial charge is 0.461 e. The van der Waals surface area contributed by atoms with Crippen LogP contribution in [0.25, 0.3) is 32.2 Å². The first-order chi connectivity index (χ1) is 20.3. The van der Waals surface area contributed by atoms with Crippen LogP contribution >= 0.6 is 22.9 Å². The van der Waals surface area contributed by atoms with Gasteiger partial charge in [-0.15, -0.1) is 0 Å². The van der Waals surface area contributed by atoms with E-state index in [0.29, 0.717) is 29.7 Å². The molecule has 3 saturated heterocycles. The predicted octanol–water partition coefficient (Wildman–Crippen LogP) is 7.15. The van der Waals surface area contributed by atoms with Crippen LogP contribution in [0.4, 0.5) is 24.1 Å². The molecule has 7 rings (SSSR count). The number of fused-ring (bicyclic) bond motifs is 3. The number of nitrogens with two attached hydrogens (primary N) is 1. The molecule has 3 aliphatic rings. The smallest absolute Gasteiger partial charge is 0.319 e. The molecule has 0 amide bonds. The highest BCUT2D eigenvalue weighted by Gasteiger charge is 2.49. The van der Waals surface area contributed by atoms with E-state index < -0.39 is 23.3 Å². The van der Waals surface area contributed by atoms with Crippen LogP contribution in [0.3, 0.4) is 0 Å². The zero-order chi connectivity index (χ0) is 29.0. The molecular weight excluding hydrogens is 585 g/mol. The Morgan fingerprint density at radius 3 is 2.62 bits per heavy atom. The van der Waals surface area contributed by atoms with Crippen LogP contribution in [0.1, 0.15) is 51.4 Å². The quantitative estimate of drug-likeness (QED) is 0.255. The second-order valence-electron chi connectivity index (χ2n) is 11.7. The number of alkyl halides is 1. The third-order valence-corrected chi connectivity index (χ3v) is 10.2. The molecule has 222 valence electrons. The van der Waals surface area contributed by atoms with Crippen molar-refractivity contribution in [2.45, 2.75) is 63.1 Å². The van der Waals surface area contributed by atoms with E-state index in [1.54, 1.807) is 6.07 Å². The summed E-state index contributed by atoms with van der Waals surface area (Å²) in [7, 11) is 0. The monoisotopic (exact) mass is 616 g/mol. The van der Waals surface area contributed by atoms with E-state index in [9.17, 15) is 8.78 Å². The van der Waals surface area contributed by atoms with Gasteiger partial charge in [0.25, 0.3) is 0 Å². The second kappa shape index (κ2) is 11.0. The standard InChI is InChI=1S/C30H32ClF3N6OS/c31-20-13-19-24(23(34)22(20)18-7-8-21(33)26-25(18)36-28(35)42-26)37-29(38-27(19)39-10-4-2-1-3-5-11-39)41-16-30-9-6-12-40(30)15-17(32)14-30/h7-8,13,17H,1-6,9-12,14-16H2,(H2,35,36)/t17-,30+/m1/s1. The van der Waals surface area contributed by atoms with Crippen LogP contribution in [0.5, 0.6) is 6.01 Å². The van der Waals surface area contributed by atoms with Crippen LogP contribution in [-0.2, 0) is 0 Å². The minimum absolute atomic E-state index is 0.0532. The molecule has 42 heavy (non-hydrogen) atoms. The van der Waals surface area contributed by atoms with Gasteiger partial charge in [-0.25, -0.2) is 18.2 Å². The first-order valence-electron chi connectivity index (χ1n) is 14.6. The van der Waals surface area contributed by atoms with E-state index >= 15 is 4.39 Å². The van der Waals surface area contributed by atoms with Crippen LogP contribution in [0, 0.1) is 11.6 Å². The summed E-state index contributed by atoms with van der Waals surface area (Å²) in [5.74, 6) is -0.578. The minimum atomic E-state index is -0.891. The molecule has 5 heterocycles. The van der Waals surface area contributed by atoms with Gasteiger partial charge in [-0.1, -0.05) is 42.2 Å². The van der Waals surface area contributed by atoms with Crippen LogP contribution < -0.4 is 15.4 Å². The number of thiazole rings is 1. The molecule has 2 N–H and O–H groups in total. The lowest BCUT2D eigenvalue weighted by atomic mass is 9.95. The average Bonchev–Trinajstić information content (AvgIpc) is 3.60. The number of ether oxygens (including phenoxy) is 1. The molecule has 0 spiro atoms. The number of nitrogen functional groups attached to an aromatic ring is 1. The van der Waals surface area contributed by atoms with Gasteiger partial charge in [0, 0.05) is 42.6 Å². The Labute approximate surface area is 250 Å². The molecular formula is C30H32ClF3N6OS. The van der Waals surface area contributed by atoms with E-state index in [0.717, 1.165) is 69.5 Å². The van der Waals surface area contributed by atoms with Crippen molar-refractivity contribution >= 4 is 55.0 Å². The van der Waals surface area contributed by atoms with Crippen LogP contribution in [0.15, 0.2) is 18.2 Å². The number of rotatable bonds is 5. The summed E-state index contributed by atoms with van der Waals surface area (Å²) in [5.41, 5.74) is 6.21. The zero-order valence-corrected chi connectivity index (χ0v) is 24.7. The van der Waals surface area contributed by atoms with Gasteiger partial charge in [-0.05, 0) is 50.4 Å².